The van der Waals surface area contributed by atoms with Crippen molar-refractivity contribution in [2.45, 2.75) is 20.1 Å². The van der Waals surface area contributed by atoms with Crippen molar-refractivity contribution in [1.82, 2.24) is 5.32 Å². The van der Waals surface area contributed by atoms with Gasteiger partial charge < -0.3 is 10.1 Å². The molecule has 1 N–H and O–H groups in total. The van der Waals surface area contributed by atoms with E-state index in [1.807, 2.05) is 30.3 Å². The maximum absolute atomic E-state index is 13.1. The Balaban J connectivity index is 2.02. The van der Waals surface area contributed by atoms with Crippen LogP contribution in [0.15, 0.2) is 48.5 Å². The van der Waals surface area contributed by atoms with E-state index in [0.717, 1.165) is 30.0 Å². The van der Waals surface area contributed by atoms with Gasteiger partial charge in [0, 0.05) is 12.1 Å². The molecule has 0 aliphatic carbocycles. The van der Waals surface area contributed by atoms with Crippen LogP contribution in [0, 0.1) is 5.82 Å². The lowest BCUT2D eigenvalue weighted by Crippen LogP contribution is -2.12. The van der Waals surface area contributed by atoms with Crippen molar-refractivity contribution in [3.8, 4) is 5.75 Å². The van der Waals surface area contributed by atoms with Gasteiger partial charge in [-0.15, -0.1) is 0 Å². The summed E-state index contributed by atoms with van der Waals surface area (Å²) in [5.41, 5.74) is 1.94. The lowest BCUT2D eigenvalue weighted by molar-refractivity contribution is 0.301. The molecule has 0 amide bonds. The lowest BCUT2D eigenvalue weighted by atomic mass is 10.2. The Morgan fingerprint density at radius 2 is 1.95 bits per heavy atom. The van der Waals surface area contributed by atoms with Gasteiger partial charge in [-0.3, -0.25) is 0 Å². The summed E-state index contributed by atoms with van der Waals surface area (Å²) in [6, 6.07) is 14.4. The lowest BCUT2D eigenvalue weighted by Gasteiger charge is -2.11. The maximum atomic E-state index is 13.1. The molecule has 0 saturated heterocycles. The molecule has 0 aliphatic heterocycles. The fourth-order valence-electron chi connectivity index (χ4n) is 1.84. The van der Waals surface area contributed by atoms with E-state index in [1.165, 1.54) is 12.1 Å². The second-order valence-electron chi connectivity index (χ2n) is 4.31. The summed E-state index contributed by atoms with van der Waals surface area (Å²) in [4.78, 5) is 0. The van der Waals surface area contributed by atoms with Crippen LogP contribution in [0.5, 0.6) is 5.75 Å². The average molecular weight is 259 g/mol. The molecular weight excluding hydrogens is 241 g/mol. The van der Waals surface area contributed by atoms with Crippen LogP contribution in [0.1, 0.15) is 18.1 Å². The summed E-state index contributed by atoms with van der Waals surface area (Å²) in [5, 5.41) is 3.27. The number of rotatable bonds is 6. The first-order chi connectivity index (χ1) is 9.29. The van der Waals surface area contributed by atoms with E-state index in [1.54, 1.807) is 6.07 Å². The fraction of sp³-hybridized carbons (Fsp3) is 0.250. The molecule has 100 valence electrons. The summed E-state index contributed by atoms with van der Waals surface area (Å²) < 4.78 is 18.8. The molecule has 0 bridgehead atoms. The van der Waals surface area contributed by atoms with Crippen molar-refractivity contribution >= 4 is 0 Å². The number of hydrogen-bond acceptors (Lipinski definition) is 2. The zero-order valence-electron chi connectivity index (χ0n) is 11.0. The Kier molecular flexibility index (Phi) is 4.93. The Bertz CT molecular complexity index is 528. The molecule has 2 aromatic carbocycles. The number of nitrogens with one attached hydrogen (secondary N) is 1. The molecule has 0 spiro atoms. The first-order valence-electron chi connectivity index (χ1n) is 6.45. The van der Waals surface area contributed by atoms with Gasteiger partial charge in [-0.05, 0) is 30.3 Å². The van der Waals surface area contributed by atoms with Gasteiger partial charge in [-0.25, -0.2) is 4.39 Å². The van der Waals surface area contributed by atoms with Crippen LogP contribution in [0.25, 0.3) is 0 Å². The van der Waals surface area contributed by atoms with E-state index < -0.39 is 0 Å². The SMILES string of the molecule is CCNCc1ccccc1OCc1cccc(F)c1. The first-order valence-corrected chi connectivity index (χ1v) is 6.45. The van der Waals surface area contributed by atoms with Crippen molar-refractivity contribution in [2.75, 3.05) is 6.54 Å². The Morgan fingerprint density at radius 1 is 1.11 bits per heavy atom. The smallest absolute Gasteiger partial charge is 0.124 e. The zero-order valence-corrected chi connectivity index (χ0v) is 11.0. The summed E-state index contributed by atoms with van der Waals surface area (Å²) >= 11 is 0. The molecule has 0 atom stereocenters. The van der Waals surface area contributed by atoms with Gasteiger partial charge in [0.1, 0.15) is 18.2 Å². The second kappa shape index (κ2) is 6.90. The molecule has 0 aliphatic rings. The molecule has 2 rings (SSSR count). The molecule has 2 aromatic rings. The number of ether oxygens (including phenoxy) is 1. The van der Waals surface area contributed by atoms with Crippen LogP contribution < -0.4 is 10.1 Å². The van der Waals surface area contributed by atoms with Crippen LogP contribution >= 0.6 is 0 Å². The van der Waals surface area contributed by atoms with E-state index >= 15 is 0 Å². The number of benzene rings is 2. The van der Waals surface area contributed by atoms with Crippen molar-refractivity contribution in [2.24, 2.45) is 0 Å². The van der Waals surface area contributed by atoms with Gasteiger partial charge in [0.05, 0.1) is 0 Å². The third-order valence-corrected chi connectivity index (χ3v) is 2.82. The predicted octanol–water partition coefficient (Wildman–Crippen LogP) is 3.51. The van der Waals surface area contributed by atoms with E-state index in [-0.39, 0.29) is 5.82 Å². The normalized spacial score (nSPS) is 10.4. The zero-order chi connectivity index (χ0) is 13.5. The summed E-state index contributed by atoms with van der Waals surface area (Å²) in [6.45, 7) is 4.13. The predicted molar refractivity (Wildman–Crippen MR) is 74.6 cm³/mol. The topological polar surface area (TPSA) is 21.3 Å². The molecule has 0 heterocycles. The number of halogens is 1. The highest BCUT2D eigenvalue weighted by Crippen LogP contribution is 2.19. The van der Waals surface area contributed by atoms with E-state index in [0.29, 0.717) is 6.61 Å². The van der Waals surface area contributed by atoms with Crippen LogP contribution in [0.2, 0.25) is 0 Å². The van der Waals surface area contributed by atoms with E-state index in [9.17, 15) is 4.39 Å². The standard InChI is InChI=1S/C16H18FNO/c1-2-18-11-14-7-3-4-9-16(14)19-12-13-6-5-8-15(17)10-13/h3-10,18H,2,11-12H2,1H3. The molecule has 0 radical (unpaired) electrons. The quantitative estimate of drug-likeness (QED) is 0.857. The van der Waals surface area contributed by atoms with Crippen LogP contribution in [-0.4, -0.2) is 6.54 Å². The van der Waals surface area contributed by atoms with Gasteiger partial charge in [0.2, 0.25) is 0 Å². The van der Waals surface area contributed by atoms with Crippen molar-refractivity contribution < 1.29 is 9.13 Å². The highest BCUT2D eigenvalue weighted by atomic mass is 19.1. The van der Waals surface area contributed by atoms with Gasteiger partial charge >= 0.3 is 0 Å². The minimum atomic E-state index is -0.234. The molecule has 0 fully saturated rings. The first kappa shape index (κ1) is 13.6. The Labute approximate surface area is 113 Å². The molecular formula is C16H18FNO. The van der Waals surface area contributed by atoms with Crippen molar-refractivity contribution in [3.05, 3.63) is 65.5 Å². The highest BCUT2D eigenvalue weighted by molar-refractivity contribution is 5.33. The second-order valence-corrected chi connectivity index (χ2v) is 4.31. The summed E-state index contributed by atoms with van der Waals surface area (Å²) in [6.07, 6.45) is 0. The number of hydrogen-bond donors (Lipinski definition) is 1. The highest BCUT2D eigenvalue weighted by Gasteiger charge is 2.03. The van der Waals surface area contributed by atoms with Crippen LogP contribution in [0.3, 0.4) is 0 Å². The summed E-state index contributed by atoms with van der Waals surface area (Å²) in [7, 11) is 0. The summed E-state index contributed by atoms with van der Waals surface area (Å²) in [5.74, 6) is 0.606. The van der Waals surface area contributed by atoms with E-state index in [4.69, 9.17) is 4.74 Å². The van der Waals surface area contributed by atoms with Crippen molar-refractivity contribution in [1.29, 1.82) is 0 Å². The Hall–Kier alpha value is -1.87. The minimum absolute atomic E-state index is 0.234. The molecule has 0 saturated carbocycles. The average Bonchev–Trinajstić information content (AvgIpc) is 2.44. The third-order valence-electron chi connectivity index (χ3n) is 2.82. The Morgan fingerprint density at radius 3 is 2.74 bits per heavy atom. The fourth-order valence-corrected chi connectivity index (χ4v) is 1.84. The van der Waals surface area contributed by atoms with Crippen molar-refractivity contribution in [3.63, 3.8) is 0 Å². The van der Waals surface area contributed by atoms with Crippen LogP contribution in [-0.2, 0) is 13.2 Å². The largest absolute Gasteiger partial charge is 0.489 e. The van der Waals surface area contributed by atoms with E-state index in [2.05, 4.69) is 12.2 Å². The monoisotopic (exact) mass is 259 g/mol. The van der Waals surface area contributed by atoms with Gasteiger partial charge in [-0.2, -0.15) is 0 Å². The molecule has 0 unspecified atom stereocenters. The maximum Gasteiger partial charge on any atom is 0.124 e. The van der Waals surface area contributed by atoms with Crippen LogP contribution in [0.4, 0.5) is 4.39 Å². The molecule has 0 aromatic heterocycles. The van der Waals surface area contributed by atoms with Gasteiger partial charge in [0.25, 0.3) is 0 Å². The minimum Gasteiger partial charge on any atom is -0.489 e. The third kappa shape index (κ3) is 4.07. The number of para-hydroxylation sites is 1. The van der Waals surface area contributed by atoms with Gasteiger partial charge in [-0.1, -0.05) is 37.3 Å². The molecule has 19 heavy (non-hydrogen) atoms. The molecule has 2 nitrogen and oxygen atoms in total. The molecule has 3 heteroatoms. The van der Waals surface area contributed by atoms with Gasteiger partial charge in [0.15, 0.2) is 0 Å².